The average molecular weight is 366 g/mol. The highest BCUT2D eigenvalue weighted by Gasteiger charge is 2.09. The highest BCUT2D eigenvalue weighted by atomic mass is 79.9. The van der Waals surface area contributed by atoms with Crippen LogP contribution in [0.5, 0.6) is 5.75 Å². The van der Waals surface area contributed by atoms with E-state index in [-0.39, 0.29) is 6.03 Å². The molecule has 0 fully saturated rings. The number of ether oxygens (including phenoxy) is 1. The van der Waals surface area contributed by atoms with Crippen molar-refractivity contribution in [3.63, 3.8) is 0 Å². The van der Waals surface area contributed by atoms with E-state index in [0.29, 0.717) is 18.0 Å². The van der Waals surface area contributed by atoms with Crippen molar-refractivity contribution in [2.45, 2.75) is 13.3 Å². The summed E-state index contributed by atoms with van der Waals surface area (Å²) in [6.07, 6.45) is 0.901. The summed E-state index contributed by atoms with van der Waals surface area (Å²) < 4.78 is 6.78. The van der Waals surface area contributed by atoms with Crippen molar-refractivity contribution in [2.24, 2.45) is 0 Å². The number of nitrogens with one attached hydrogen (secondary N) is 2. The molecule has 0 bridgehead atoms. The van der Waals surface area contributed by atoms with Gasteiger partial charge >= 0.3 is 6.03 Å². The first-order valence-corrected chi connectivity index (χ1v) is 6.75. The largest absolute Gasteiger partial charge is 0.495 e. The molecule has 2 N–H and O–H groups in total. The molecule has 0 radical (unpaired) electrons. The molecule has 0 aromatic heterocycles. The highest BCUT2D eigenvalue weighted by Crippen LogP contribution is 2.34. The number of urea groups is 1. The van der Waals surface area contributed by atoms with Gasteiger partial charge in [-0.3, -0.25) is 0 Å². The van der Waals surface area contributed by atoms with Crippen LogP contribution >= 0.6 is 31.9 Å². The van der Waals surface area contributed by atoms with E-state index >= 15 is 0 Å². The topological polar surface area (TPSA) is 50.4 Å². The van der Waals surface area contributed by atoms with Gasteiger partial charge in [-0.15, -0.1) is 0 Å². The molecule has 0 unspecified atom stereocenters. The Labute approximate surface area is 117 Å². The Balaban J connectivity index is 2.80. The Morgan fingerprint density at radius 3 is 2.65 bits per heavy atom. The van der Waals surface area contributed by atoms with Crippen LogP contribution in [0.25, 0.3) is 0 Å². The van der Waals surface area contributed by atoms with Crippen LogP contribution in [0, 0.1) is 0 Å². The number of hydrogen-bond donors (Lipinski definition) is 2. The zero-order chi connectivity index (χ0) is 12.8. The molecule has 0 aliphatic rings. The summed E-state index contributed by atoms with van der Waals surface area (Å²) in [7, 11) is 1.58. The van der Waals surface area contributed by atoms with Gasteiger partial charge in [0.25, 0.3) is 0 Å². The number of carbonyl (C=O) groups is 1. The summed E-state index contributed by atoms with van der Waals surface area (Å²) in [5, 5.41) is 5.49. The number of rotatable bonds is 4. The normalized spacial score (nSPS) is 9.88. The third kappa shape index (κ3) is 4.20. The van der Waals surface area contributed by atoms with Crippen LogP contribution in [0.15, 0.2) is 21.1 Å². The monoisotopic (exact) mass is 364 g/mol. The second kappa shape index (κ2) is 6.86. The first-order valence-electron chi connectivity index (χ1n) is 5.16. The van der Waals surface area contributed by atoms with Crippen molar-refractivity contribution < 1.29 is 9.53 Å². The Kier molecular flexibility index (Phi) is 5.77. The first-order chi connectivity index (χ1) is 8.08. The quantitative estimate of drug-likeness (QED) is 0.853. The molecule has 0 saturated heterocycles. The van der Waals surface area contributed by atoms with Gasteiger partial charge in [-0.05, 0) is 44.3 Å². The summed E-state index contributed by atoms with van der Waals surface area (Å²) in [4.78, 5) is 11.5. The van der Waals surface area contributed by atoms with E-state index in [1.54, 1.807) is 13.2 Å². The number of hydrogen-bond acceptors (Lipinski definition) is 2. The number of anilines is 1. The zero-order valence-corrected chi connectivity index (χ0v) is 12.8. The molecule has 0 saturated carbocycles. The molecular formula is C11H14Br2N2O2. The number of methoxy groups -OCH3 is 1. The lowest BCUT2D eigenvalue weighted by Gasteiger charge is -2.11. The third-order valence-electron chi connectivity index (χ3n) is 2.03. The van der Waals surface area contributed by atoms with Crippen LogP contribution in [-0.4, -0.2) is 19.7 Å². The van der Waals surface area contributed by atoms with Crippen molar-refractivity contribution in [3.05, 3.63) is 21.1 Å². The summed E-state index contributed by atoms with van der Waals surface area (Å²) in [5.41, 5.74) is 0.665. The number of benzene rings is 1. The first kappa shape index (κ1) is 14.3. The van der Waals surface area contributed by atoms with Crippen LogP contribution < -0.4 is 15.4 Å². The molecule has 0 atom stereocenters. The molecule has 1 aromatic rings. The van der Waals surface area contributed by atoms with Crippen molar-refractivity contribution >= 4 is 43.6 Å². The van der Waals surface area contributed by atoms with E-state index in [1.807, 2.05) is 13.0 Å². The van der Waals surface area contributed by atoms with E-state index in [0.717, 1.165) is 15.4 Å². The van der Waals surface area contributed by atoms with E-state index in [9.17, 15) is 4.79 Å². The number of halogens is 2. The van der Waals surface area contributed by atoms with Crippen LogP contribution in [0.3, 0.4) is 0 Å². The molecule has 94 valence electrons. The summed E-state index contributed by atoms with van der Waals surface area (Å²) in [6, 6.07) is 3.35. The van der Waals surface area contributed by atoms with Crippen molar-refractivity contribution in [3.8, 4) is 5.75 Å². The standard InChI is InChI=1S/C11H14Br2N2O2/c1-3-4-14-11(16)15-9-6-10(17-2)8(13)5-7(9)12/h5-6H,3-4H2,1-2H3,(H2,14,15,16). The van der Waals surface area contributed by atoms with Gasteiger partial charge < -0.3 is 15.4 Å². The Bertz CT molecular complexity index is 411. The van der Waals surface area contributed by atoms with Gasteiger partial charge in [-0.1, -0.05) is 6.92 Å². The minimum absolute atomic E-state index is 0.225. The number of carbonyl (C=O) groups excluding carboxylic acids is 1. The Hall–Kier alpha value is -0.750. The molecule has 4 nitrogen and oxygen atoms in total. The van der Waals surface area contributed by atoms with Crippen LogP contribution in [0.4, 0.5) is 10.5 Å². The zero-order valence-electron chi connectivity index (χ0n) is 9.64. The smallest absolute Gasteiger partial charge is 0.319 e. The van der Waals surface area contributed by atoms with Gasteiger partial charge in [0.15, 0.2) is 0 Å². The summed E-state index contributed by atoms with van der Waals surface area (Å²) in [6.45, 7) is 2.65. The average Bonchev–Trinajstić information content (AvgIpc) is 2.30. The molecule has 0 aliphatic heterocycles. The van der Waals surface area contributed by atoms with Gasteiger partial charge in [-0.25, -0.2) is 4.79 Å². The lowest BCUT2D eigenvalue weighted by molar-refractivity contribution is 0.252. The fourth-order valence-corrected chi connectivity index (χ4v) is 2.44. The predicted molar refractivity (Wildman–Crippen MR) is 75.7 cm³/mol. The van der Waals surface area contributed by atoms with Crippen molar-refractivity contribution in [1.29, 1.82) is 0 Å². The van der Waals surface area contributed by atoms with Crippen LogP contribution in [0.1, 0.15) is 13.3 Å². The second-order valence-corrected chi connectivity index (χ2v) is 5.06. The Morgan fingerprint density at radius 2 is 2.06 bits per heavy atom. The molecule has 6 heteroatoms. The van der Waals surface area contributed by atoms with Crippen LogP contribution in [-0.2, 0) is 0 Å². The molecule has 0 heterocycles. The minimum Gasteiger partial charge on any atom is -0.495 e. The fourth-order valence-electron chi connectivity index (χ4n) is 1.19. The maximum atomic E-state index is 11.5. The maximum Gasteiger partial charge on any atom is 0.319 e. The predicted octanol–water partition coefficient (Wildman–Crippen LogP) is 3.75. The lowest BCUT2D eigenvalue weighted by Crippen LogP contribution is -2.29. The second-order valence-electron chi connectivity index (χ2n) is 3.35. The van der Waals surface area contributed by atoms with Crippen molar-refractivity contribution in [1.82, 2.24) is 5.32 Å². The highest BCUT2D eigenvalue weighted by molar-refractivity contribution is 9.11. The van der Waals surface area contributed by atoms with Gasteiger partial charge in [-0.2, -0.15) is 0 Å². The SMILES string of the molecule is CCCNC(=O)Nc1cc(OC)c(Br)cc1Br. The maximum absolute atomic E-state index is 11.5. The van der Waals surface area contributed by atoms with E-state index < -0.39 is 0 Å². The lowest BCUT2D eigenvalue weighted by atomic mass is 10.3. The van der Waals surface area contributed by atoms with E-state index in [1.165, 1.54) is 0 Å². The number of amides is 2. The molecule has 0 spiro atoms. The fraction of sp³-hybridized carbons (Fsp3) is 0.364. The summed E-state index contributed by atoms with van der Waals surface area (Å²) >= 11 is 6.75. The van der Waals surface area contributed by atoms with Crippen molar-refractivity contribution in [2.75, 3.05) is 19.0 Å². The minimum atomic E-state index is -0.225. The molecule has 1 aromatic carbocycles. The summed E-state index contributed by atoms with van der Waals surface area (Å²) in [5.74, 6) is 0.666. The molecule has 2 amide bonds. The van der Waals surface area contributed by atoms with Gasteiger partial charge in [0.05, 0.1) is 17.3 Å². The van der Waals surface area contributed by atoms with Gasteiger partial charge in [0.2, 0.25) is 0 Å². The van der Waals surface area contributed by atoms with Gasteiger partial charge in [0, 0.05) is 17.1 Å². The van der Waals surface area contributed by atoms with Gasteiger partial charge in [0.1, 0.15) is 5.75 Å². The molecule has 17 heavy (non-hydrogen) atoms. The van der Waals surface area contributed by atoms with Crippen LogP contribution in [0.2, 0.25) is 0 Å². The molecular weight excluding hydrogens is 352 g/mol. The van der Waals surface area contributed by atoms with E-state index in [2.05, 4.69) is 42.5 Å². The molecule has 0 aliphatic carbocycles. The molecule has 1 rings (SSSR count). The third-order valence-corrected chi connectivity index (χ3v) is 3.30. The Morgan fingerprint density at radius 1 is 1.35 bits per heavy atom. The van der Waals surface area contributed by atoms with E-state index in [4.69, 9.17) is 4.74 Å².